The van der Waals surface area contributed by atoms with Crippen molar-refractivity contribution in [1.82, 2.24) is 10.2 Å². The summed E-state index contributed by atoms with van der Waals surface area (Å²) in [6.07, 6.45) is 0.412. The molecule has 1 aromatic carbocycles. The lowest BCUT2D eigenvalue weighted by Crippen LogP contribution is -2.39. The largest absolute Gasteiger partial charge is 0.504 e. The minimum atomic E-state index is -0.480. The number of carbonyl (C=O) groups is 1. The lowest BCUT2D eigenvalue weighted by Gasteiger charge is -2.31. The number of hydrogen-bond acceptors (Lipinski definition) is 6. The van der Waals surface area contributed by atoms with Gasteiger partial charge in [-0.25, -0.2) is 0 Å². The number of anilines is 1. The summed E-state index contributed by atoms with van der Waals surface area (Å²) in [6.45, 7) is 6.26. The number of phenolic OH excluding ortho intramolecular Hbond substituents is 1. The second kappa shape index (κ2) is 6.48. The third kappa shape index (κ3) is 2.71. The number of amides is 1. The molecule has 1 aromatic heterocycles. The Morgan fingerprint density at radius 2 is 2.15 bits per heavy atom. The van der Waals surface area contributed by atoms with Crippen LogP contribution in [0.15, 0.2) is 18.2 Å². The Morgan fingerprint density at radius 3 is 2.88 bits per heavy atom. The van der Waals surface area contributed by atoms with Gasteiger partial charge in [0.05, 0.1) is 12.7 Å². The maximum Gasteiger partial charge on any atom is 0.256 e. The van der Waals surface area contributed by atoms with E-state index in [0.29, 0.717) is 17.4 Å². The van der Waals surface area contributed by atoms with E-state index in [9.17, 15) is 9.90 Å². The molecule has 1 atom stereocenters. The Kier molecular flexibility index (Phi) is 4.28. The fraction of sp³-hybridized carbons (Fsp3) is 0.421. The molecule has 26 heavy (non-hydrogen) atoms. The molecular weight excluding hydrogens is 350 g/mol. The van der Waals surface area contributed by atoms with Gasteiger partial charge in [0, 0.05) is 29.6 Å². The highest BCUT2D eigenvalue weighted by Gasteiger charge is 2.34. The average Bonchev–Trinajstić information content (AvgIpc) is 2.99. The van der Waals surface area contributed by atoms with Crippen molar-refractivity contribution in [3.05, 3.63) is 39.8 Å². The maximum absolute atomic E-state index is 12.8. The number of benzene rings is 1. The second-order valence-corrected chi connectivity index (χ2v) is 8.08. The number of fused-ring (bicyclic) bond motifs is 3. The molecule has 0 spiro atoms. The first kappa shape index (κ1) is 17.2. The topological polar surface area (TPSA) is 73.8 Å². The highest BCUT2D eigenvalue weighted by atomic mass is 32.1. The molecule has 1 amide bonds. The predicted octanol–water partition coefficient (Wildman–Crippen LogP) is 3.08. The molecule has 0 saturated heterocycles. The SMILES string of the molecule is COc1cccc([C@H]2NC(=O)c3c(sc4c3CCN(C(C)C)C4)N2)c1O. The summed E-state index contributed by atoms with van der Waals surface area (Å²) in [5.41, 5.74) is 2.53. The number of nitrogens with one attached hydrogen (secondary N) is 2. The Hall–Kier alpha value is -2.25. The number of carbonyl (C=O) groups excluding carboxylic acids is 1. The minimum Gasteiger partial charge on any atom is -0.504 e. The van der Waals surface area contributed by atoms with Gasteiger partial charge in [0.15, 0.2) is 11.5 Å². The Bertz CT molecular complexity index is 862. The molecule has 2 aromatic rings. The van der Waals surface area contributed by atoms with Gasteiger partial charge in [0.1, 0.15) is 11.2 Å². The van der Waals surface area contributed by atoms with Gasteiger partial charge < -0.3 is 20.5 Å². The van der Waals surface area contributed by atoms with Crippen LogP contribution in [0.1, 0.15) is 46.4 Å². The Labute approximate surface area is 156 Å². The van der Waals surface area contributed by atoms with Crippen LogP contribution in [0.2, 0.25) is 0 Å². The molecule has 2 aliphatic heterocycles. The van der Waals surface area contributed by atoms with Crippen molar-refractivity contribution in [3.8, 4) is 11.5 Å². The van der Waals surface area contributed by atoms with E-state index in [-0.39, 0.29) is 11.7 Å². The summed E-state index contributed by atoms with van der Waals surface area (Å²) >= 11 is 1.65. The Morgan fingerprint density at radius 1 is 1.35 bits per heavy atom. The molecule has 4 rings (SSSR count). The lowest BCUT2D eigenvalue weighted by atomic mass is 9.99. The standard InChI is InChI=1S/C19H23N3O3S/c1-10(2)22-8-7-11-14(9-22)26-19-15(11)18(24)20-17(21-19)12-5-4-6-13(25-3)16(12)23/h4-6,10,17,21,23H,7-9H2,1-3H3,(H,20,24)/t17-/m0/s1. The number of methoxy groups -OCH3 is 1. The molecule has 0 unspecified atom stereocenters. The minimum absolute atomic E-state index is 0.0450. The smallest absolute Gasteiger partial charge is 0.256 e. The van der Waals surface area contributed by atoms with Crippen LogP contribution in [-0.2, 0) is 13.0 Å². The van der Waals surface area contributed by atoms with Crippen LogP contribution in [0.25, 0.3) is 0 Å². The normalized spacial score (nSPS) is 19.5. The zero-order chi connectivity index (χ0) is 18.4. The highest BCUT2D eigenvalue weighted by molar-refractivity contribution is 7.16. The molecule has 7 heteroatoms. The molecule has 0 saturated carbocycles. The molecule has 0 bridgehead atoms. The number of para-hydroxylation sites is 1. The van der Waals surface area contributed by atoms with Gasteiger partial charge in [0.2, 0.25) is 0 Å². The summed E-state index contributed by atoms with van der Waals surface area (Å²) in [5.74, 6) is 0.354. The van der Waals surface area contributed by atoms with E-state index in [0.717, 1.165) is 30.1 Å². The summed E-state index contributed by atoms with van der Waals surface area (Å²) in [4.78, 5) is 16.5. The monoisotopic (exact) mass is 373 g/mol. The van der Waals surface area contributed by atoms with E-state index in [1.807, 2.05) is 0 Å². The van der Waals surface area contributed by atoms with Gasteiger partial charge in [-0.15, -0.1) is 11.3 Å². The van der Waals surface area contributed by atoms with E-state index in [4.69, 9.17) is 4.74 Å². The molecule has 0 radical (unpaired) electrons. The predicted molar refractivity (Wildman–Crippen MR) is 102 cm³/mol. The van der Waals surface area contributed by atoms with E-state index < -0.39 is 6.17 Å². The molecule has 3 heterocycles. The number of nitrogens with zero attached hydrogens (tertiary/aromatic N) is 1. The third-order valence-corrected chi connectivity index (χ3v) is 6.30. The molecule has 3 N–H and O–H groups in total. The van der Waals surface area contributed by atoms with Crippen LogP contribution in [-0.4, -0.2) is 35.6 Å². The number of ether oxygens (including phenoxy) is 1. The first-order valence-corrected chi connectivity index (χ1v) is 9.63. The summed E-state index contributed by atoms with van der Waals surface area (Å²) in [7, 11) is 1.51. The number of rotatable bonds is 3. The highest BCUT2D eigenvalue weighted by Crippen LogP contribution is 2.43. The first-order chi connectivity index (χ1) is 12.5. The van der Waals surface area contributed by atoms with Crippen molar-refractivity contribution in [3.63, 3.8) is 0 Å². The molecular formula is C19H23N3O3S. The summed E-state index contributed by atoms with van der Waals surface area (Å²) in [5, 5.41) is 17.7. The fourth-order valence-electron chi connectivity index (χ4n) is 3.67. The van der Waals surface area contributed by atoms with Gasteiger partial charge in [-0.1, -0.05) is 12.1 Å². The average molecular weight is 373 g/mol. The van der Waals surface area contributed by atoms with Crippen LogP contribution >= 0.6 is 11.3 Å². The van der Waals surface area contributed by atoms with Gasteiger partial charge in [0.25, 0.3) is 5.91 Å². The first-order valence-electron chi connectivity index (χ1n) is 8.81. The van der Waals surface area contributed by atoms with Crippen molar-refractivity contribution >= 4 is 22.2 Å². The van der Waals surface area contributed by atoms with Gasteiger partial charge >= 0.3 is 0 Å². The molecule has 0 fully saturated rings. The van der Waals surface area contributed by atoms with Gasteiger partial charge in [-0.05, 0) is 31.9 Å². The molecule has 0 aliphatic carbocycles. The van der Waals surface area contributed by atoms with Crippen LogP contribution in [0.3, 0.4) is 0 Å². The van der Waals surface area contributed by atoms with Gasteiger partial charge in [-0.2, -0.15) is 0 Å². The van der Waals surface area contributed by atoms with Crippen molar-refractivity contribution < 1.29 is 14.6 Å². The zero-order valence-corrected chi connectivity index (χ0v) is 15.9. The van der Waals surface area contributed by atoms with Crippen molar-refractivity contribution in [2.45, 2.75) is 39.0 Å². The van der Waals surface area contributed by atoms with E-state index in [1.54, 1.807) is 29.5 Å². The number of hydrogen-bond donors (Lipinski definition) is 3. The maximum atomic E-state index is 12.8. The molecule has 2 aliphatic rings. The van der Waals surface area contributed by atoms with E-state index in [2.05, 4.69) is 29.4 Å². The van der Waals surface area contributed by atoms with Crippen LogP contribution in [0.5, 0.6) is 11.5 Å². The van der Waals surface area contributed by atoms with Crippen LogP contribution < -0.4 is 15.4 Å². The second-order valence-electron chi connectivity index (χ2n) is 6.97. The lowest BCUT2D eigenvalue weighted by molar-refractivity contribution is 0.0934. The number of phenols is 1. The zero-order valence-electron chi connectivity index (χ0n) is 15.1. The Balaban J connectivity index is 1.67. The summed E-state index contributed by atoms with van der Waals surface area (Å²) < 4.78 is 5.18. The van der Waals surface area contributed by atoms with E-state index >= 15 is 0 Å². The van der Waals surface area contributed by atoms with Crippen molar-refractivity contribution in [2.75, 3.05) is 19.0 Å². The third-order valence-electron chi connectivity index (χ3n) is 5.16. The molecule has 6 nitrogen and oxygen atoms in total. The van der Waals surface area contributed by atoms with Crippen molar-refractivity contribution in [1.29, 1.82) is 0 Å². The number of aromatic hydroxyl groups is 1. The molecule has 138 valence electrons. The van der Waals surface area contributed by atoms with Crippen LogP contribution in [0, 0.1) is 0 Å². The van der Waals surface area contributed by atoms with Crippen LogP contribution in [0.4, 0.5) is 5.00 Å². The fourth-order valence-corrected chi connectivity index (χ4v) is 4.97. The van der Waals surface area contributed by atoms with E-state index in [1.165, 1.54) is 17.6 Å². The van der Waals surface area contributed by atoms with Crippen molar-refractivity contribution in [2.24, 2.45) is 0 Å². The quantitative estimate of drug-likeness (QED) is 0.771. The summed E-state index contributed by atoms with van der Waals surface area (Å²) in [6, 6.07) is 5.77. The van der Waals surface area contributed by atoms with Gasteiger partial charge in [-0.3, -0.25) is 9.69 Å². The number of thiophene rings is 1.